The van der Waals surface area contributed by atoms with Gasteiger partial charge in [0.2, 0.25) is 0 Å². The Bertz CT molecular complexity index is 671. The molecule has 0 saturated carbocycles. The molecule has 5 heteroatoms. The van der Waals surface area contributed by atoms with Gasteiger partial charge in [-0.15, -0.1) is 0 Å². The normalized spacial score (nSPS) is 19.1. The second-order valence-corrected chi connectivity index (χ2v) is 5.84. The number of aryl methyl sites for hydroxylation is 1. The van der Waals surface area contributed by atoms with Gasteiger partial charge in [-0.05, 0) is 31.9 Å². The first-order chi connectivity index (χ1) is 9.54. The molecular weight excluding hydrogens is 252 g/mol. The van der Waals surface area contributed by atoms with E-state index in [-0.39, 0.29) is 5.41 Å². The SMILES string of the molecule is Cc1nn(-c2ccccn2)c2c1CCC(C)(C)C2=NO. The largest absolute Gasteiger partial charge is 0.411 e. The third-order valence-corrected chi connectivity index (χ3v) is 4.02. The van der Waals surface area contributed by atoms with Gasteiger partial charge < -0.3 is 5.21 Å². The summed E-state index contributed by atoms with van der Waals surface area (Å²) in [6.45, 7) is 6.18. The molecule has 0 amide bonds. The van der Waals surface area contributed by atoms with E-state index >= 15 is 0 Å². The van der Waals surface area contributed by atoms with Crippen LogP contribution in [0.25, 0.3) is 5.82 Å². The first-order valence-corrected chi connectivity index (χ1v) is 6.77. The van der Waals surface area contributed by atoms with Gasteiger partial charge in [0.15, 0.2) is 5.82 Å². The smallest absolute Gasteiger partial charge is 0.154 e. The maximum Gasteiger partial charge on any atom is 0.154 e. The van der Waals surface area contributed by atoms with Crippen molar-refractivity contribution in [1.82, 2.24) is 14.8 Å². The summed E-state index contributed by atoms with van der Waals surface area (Å²) in [4.78, 5) is 4.35. The lowest BCUT2D eigenvalue weighted by atomic mass is 9.74. The number of nitrogens with zero attached hydrogens (tertiary/aromatic N) is 4. The molecule has 0 aliphatic heterocycles. The van der Waals surface area contributed by atoms with Crippen LogP contribution < -0.4 is 0 Å². The van der Waals surface area contributed by atoms with Crippen LogP contribution in [0.5, 0.6) is 0 Å². The van der Waals surface area contributed by atoms with Crippen molar-refractivity contribution in [1.29, 1.82) is 0 Å². The summed E-state index contributed by atoms with van der Waals surface area (Å²) in [5, 5.41) is 17.6. The molecular formula is C15H18N4O. The number of rotatable bonds is 1. The van der Waals surface area contributed by atoms with E-state index < -0.39 is 0 Å². The fourth-order valence-electron chi connectivity index (χ4n) is 2.81. The minimum Gasteiger partial charge on any atom is -0.411 e. The molecule has 20 heavy (non-hydrogen) atoms. The first kappa shape index (κ1) is 12.8. The summed E-state index contributed by atoms with van der Waals surface area (Å²) in [6, 6.07) is 5.70. The van der Waals surface area contributed by atoms with E-state index in [9.17, 15) is 5.21 Å². The Morgan fingerprint density at radius 3 is 2.80 bits per heavy atom. The quantitative estimate of drug-likeness (QED) is 0.640. The highest BCUT2D eigenvalue weighted by Crippen LogP contribution is 2.37. The average Bonchev–Trinajstić information content (AvgIpc) is 2.76. The Balaban J connectivity index is 2.26. The van der Waals surface area contributed by atoms with Crippen LogP contribution in [-0.2, 0) is 6.42 Å². The van der Waals surface area contributed by atoms with Gasteiger partial charge >= 0.3 is 0 Å². The molecule has 2 heterocycles. The summed E-state index contributed by atoms with van der Waals surface area (Å²) in [5.74, 6) is 0.746. The molecule has 104 valence electrons. The summed E-state index contributed by atoms with van der Waals surface area (Å²) < 4.78 is 1.79. The van der Waals surface area contributed by atoms with Crippen molar-refractivity contribution in [2.45, 2.75) is 33.6 Å². The fraction of sp³-hybridized carbons (Fsp3) is 0.400. The van der Waals surface area contributed by atoms with E-state index in [2.05, 4.69) is 29.1 Å². The van der Waals surface area contributed by atoms with Gasteiger partial charge in [-0.3, -0.25) is 0 Å². The number of oxime groups is 1. The topological polar surface area (TPSA) is 63.3 Å². The van der Waals surface area contributed by atoms with Gasteiger partial charge in [0, 0.05) is 17.2 Å². The first-order valence-electron chi connectivity index (χ1n) is 6.77. The number of fused-ring (bicyclic) bond motifs is 1. The van der Waals surface area contributed by atoms with Gasteiger partial charge in [-0.25, -0.2) is 9.67 Å². The van der Waals surface area contributed by atoms with Crippen LogP contribution in [0.1, 0.15) is 37.2 Å². The summed E-state index contributed by atoms with van der Waals surface area (Å²) in [5.41, 5.74) is 3.54. The summed E-state index contributed by atoms with van der Waals surface area (Å²) in [7, 11) is 0. The van der Waals surface area contributed by atoms with Crippen molar-refractivity contribution in [3.05, 3.63) is 41.3 Å². The van der Waals surface area contributed by atoms with Crippen molar-refractivity contribution in [3.8, 4) is 5.82 Å². The molecule has 1 aliphatic carbocycles. The van der Waals surface area contributed by atoms with Crippen molar-refractivity contribution >= 4 is 5.71 Å². The fourth-order valence-corrected chi connectivity index (χ4v) is 2.81. The minimum atomic E-state index is -0.166. The van der Waals surface area contributed by atoms with Crippen molar-refractivity contribution < 1.29 is 5.21 Å². The van der Waals surface area contributed by atoms with E-state index in [1.807, 2.05) is 25.1 Å². The lowest BCUT2D eigenvalue weighted by Crippen LogP contribution is -2.33. The van der Waals surface area contributed by atoms with Crippen molar-refractivity contribution in [2.75, 3.05) is 0 Å². The standard InChI is InChI=1S/C15H18N4O/c1-10-11-7-8-15(2,3)14(18-20)13(11)19(17-10)12-6-4-5-9-16-12/h4-6,9,20H,7-8H2,1-3H3. The predicted octanol–water partition coefficient (Wildman–Crippen LogP) is 2.73. The molecule has 1 aliphatic rings. The number of hydrogen-bond acceptors (Lipinski definition) is 4. The molecule has 0 saturated heterocycles. The van der Waals surface area contributed by atoms with E-state index in [0.29, 0.717) is 5.71 Å². The third-order valence-electron chi connectivity index (χ3n) is 4.02. The van der Waals surface area contributed by atoms with Crippen LogP contribution in [-0.4, -0.2) is 25.7 Å². The molecule has 2 aromatic rings. The van der Waals surface area contributed by atoms with E-state index in [4.69, 9.17) is 0 Å². The molecule has 0 aromatic carbocycles. The Morgan fingerprint density at radius 2 is 2.15 bits per heavy atom. The van der Waals surface area contributed by atoms with E-state index in [1.165, 1.54) is 0 Å². The van der Waals surface area contributed by atoms with Gasteiger partial charge in [0.05, 0.1) is 11.4 Å². The second-order valence-electron chi connectivity index (χ2n) is 5.84. The van der Waals surface area contributed by atoms with Crippen LogP contribution in [0.15, 0.2) is 29.6 Å². The van der Waals surface area contributed by atoms with Crippen LogP contribution in [0.2, 0.25) is 0 Å². The van der Waals surface area contributed by atoms with Crippen molar-refractivity contribution in [3.63, 3.8) is 0 Å². The monoisotopic (exact) mass is 270 g/mol. The van der Waals surface area contributed by atoms with Gasteiger partial charge in [0.25, 0.3) is 0 Å². The zero-order valence-corrected chi connectivity index (χ0v) is 12.0. The molecule has 3 rings (SSSR count). The zero-order valence-electron chi connectivity index (χ0n) is 12.0. The van der Waals surface area contributed by atoms with E-state index in [1.54, 1.807) is 10.9 Å². The predicted molar refractivity (Wildman–Crippen MR) is 76.5 cm³/mol. The highest BCUT2D eigenvalue weighted by molar-refractivity contribution is 6.05. The summed E-state index contributed by atoms with van der Waals surface area (Å²) >= 11 is 0. The molecule has 1 N–H and O–H groups in total. The maximum atomic E-state index is 9.48. The molecule has 0 unspecified atom stereocenters. The number of hydrogen-bond donors (Lipinski definition) is 1. The molecule has 2 aromatic heterocycles. The second kappa shape index (κ2) is 4.44. The van der Waals surface area contributed by atoms with Crippen LogP contribution in [0, 0.1) is 12.3 Å². The van der Waals surface area contributed by atoms with Gasteiger partial charge in [-0.1, -0.05) is 25.1 Å². The molecule has 0 fully saturated rings. The third kappa shape index (κ3) is 1.81. The Morgan fingerprint density at radius 1 is 1.35 bits per heavy atom. The number of pyridine rings is 1. The van der Waals surface area contributed by atoms with Crippen LogP contribution in [0.4, 0.5) is 0 Å². The Kier molecular flexibility index (Phi) is 2.85. The van der Waals surface area contributed by atoms with Crippen molar-refractivity contribution in [2.24, 2.45) is 10.6 Å². The lowest BCUT2D eigenvalue weighted by Gasteiger charge is -2.30. The molecule has 5 nitrogen and oxygen atoms in total. The highest BCUT2D eigenvalue weighted by atomic mass is 16.4. The van der Waals surface area contributed by atoms with E-state index in [0.717, 1.165) is 35.6 Å². The highest BCUT2D eigenvalue weighted by Gasteiger charge is 2.37. The molecule has 0 atom stereocenters. The lowest BCUT2D eigenvalue weighted by molar-refractivity contribution is 0.305. The molecule has 0 spiro atoms. The zero-order chi connectivity index (χ0) is 14.3. The Hall–Kier alpha value is -2.17. The van der Waals surface area contributed by atoms with Gasteiger partial charge in [0.1, 0.15) is 5.71 Å². The summed E-state index contributed by atoms with van der Waals surface area (Å²) in [6.07, 6.45) is 3.64. The Labute approximate surface area is 118 Å². The molecule has 0 bridgehead atoms. The van der Waals surface area contributed by atoms with Crippen LogP contribution in [0.3, 0.4) is 0 Å². The average molecular weight is 270 g/mol. The van der Waals surface area contributed by atoms with Crippen LogP contribution >= 0.6 is 0 Å². The molecule has 0 radical (unpaired) electrons. The number of aromatic nitrogens is 3. The maximum absolute atomic E-state index is 9.48. The minimum absolute atomic E-state index is 0.166. The van der Waals surface area contributed by atoms with Gasteiger partial charge in [-0.2, -0.15) is 5.10 Å².